The van der Waals surface area contributed by atoms with Crippen LogP contribution in [0.1, 0.15) is 0 Å². The molecule has 2 N–H and O–H groups in total. The molecule has 1 saturated heterocycles. The number of hydrogen-bond donors (Lipinski definition) is 1. The summed E-state index contributed by atoms with van der Waals surface area (Å²) in [4.78, 5) is 12.9. The molecular weight excluding hydrogens is 240 g/mol. The van der Waals surface area contributed by atoms with Gasteiger partial charge in [0.25, 0.3) is 0 Å². The average Bonchev–Trinajstić information content (AvgIpc) is 2.15. The Kier molecular flexibility index (Phi) is 2.18. The summed E-state index contributed by atoms with van der Waals surface area (Å²) in [6, 6.07) is -0.275. The van der Waals surface area contributed by atoms with Crippen molar-refractivity contribution in [2.24, 2.45) is 5.73 Å². The summed E-state index contributed by atoms with van der Waals surface area (Å²) in [5, 5.41) is 1.03. The van der Waals surface area contributed by atoms with Gasteiger partial charge in [0.05, 0.1) is 0 Å². The van der Waals surface area contributed by atoms with E-state index in [0.29, 0.717) is 0 Å². The molecule has 0 saturated carbocycles. The molecule has 2 aliphatic heterocycles. The standard InChI is InChI=1S/C7H9BrN2OS/c8-1-4-2-10-6(11)5(9)7(10)12-3-4/h2,5,7H,1,3,9H2/t5?,7-/m1/s1. The van der Waals surface area contributed by atoms with E-state index in [1.807, 2.05) is 6.20 Å². The molecule has 0 aromatic carbocycles. The molecule has 66 valence electrons. The summed E-state index contributed by atoms with van der Waals surface area (Å²) < 4.78 is 0. The molecule has 0 aliphatic carbocycles. The van der Waals surface area contributed by atoms with Crippen molar-refractivity contribution in [1.29, 1.82) is 0 Å². The van der Waals surface area contributed by atoms with Crippen LogP contribution in [0.15, 0.2) is 11.8 Å². The van der Waals surface area contributed by atoms with Gasteiger partial charge in [0, 0.05) is 17.3 Å². The summed E-state index contributed by atoms with van der Waals surface area (Å²) >= 11 is 5.11. The van der Waals surface area contributed by atoms with Crippen molar-refractivity contribution >= 4 is 33.6 Å². The first kappa shape index (κ1) is 8.59. The van der Waals surface area contributed by atoms with Crippen LogP contribution in [0.5, 0.6) is 0 Å². The van der Waals surface area contributed by atoms with Crippen LogP contribution in [0.2, 0.25) is 0 Å². The van der Waals surface area contributed by atoms with Gasteiger partial charge < -0.3 is 10.6 Å². The summed E-state index contributed by atoms with van der Waals surface area (Å²) in [5.74, 6) is 1.03. The second kappa shape index (κ2) is 3.05. The van der Waals surface area contributed by atoms with Gasteiger partial charge in [-0.2, -0.15) is 0 Å². The van der Waals surface area contributed by atoms with E-state index in [0.717, 1.165) is 11.1 Å². The topological polar surface area (TPSA) is 46.3 Å². The van der Waals surface area contributed by atoms with Crippen molar-refractivity contribution in [3.8, 4) is 0 Å². The summed E-state index contributed by atoms with van der Waals surface area (Å²) in [7, 11) is 0. The highest BCUT2D eigenvalue weighted by molar-refractivity contribution is 9.09. The molecule has 0 aromatic heterocycles. The molecule has 1 amide bonds. The molecule has 2 atom stereocenters. The number of halogens is 1. The number of carbonyl (C=O) groups excluding carboxylic acids is 1. The molecule has 2 heterocycles. The first-order valence-electron chi connectivity index (χ1n) is 3.69. The van der Waals surface area contributed by atoms with Crippen molar-refractivity contribution in [2.45, 2.75) is 11.4 Å². The lowest BCUT2D eigenvalue weighted by molar-refractivity contribution is -0.140. The smallest absolute Gasteiger partial charge is 0.247 e. The average molecular weight is 249 g/mol. The van der Waals surface area contributed by atoms with Gasteiger partial charge in [-0.3, -0.25) is 4.79 Å². The minimum atomic E-state index is -0.275. The summed E-state index contributed by atoms with van der Waals surface area (Å²) in [5.41, 5.74) is 6.86. The zero-order valence-electron chi connectivity index (χ0n) is 6.37. The molecule has 2 aliphatic rings. The van der Waals surface area contributed by atoms with Crippen LogP contribution >= 0.6 is 27.7 Å². The van der Waals surface area contributed by atoms with Gasteiger partial charge in [-0.05, 0) is 5.57 Å². The van der Waals surface area contributed by atoms with Crippen molar-refractivity contribution in [3.63, 3.8) is 0 Å². The first-order chi connectivity index (χ1) is 5.74. The minimum Gasteiger partial charge on any atom is -0.317 e. The van der Waals surface area contributed by atoms with E-state index in [1.54, 1.807) is 16.7 Å². The number of nitrogens with zero attached hydrogens (tertiary/aromatic N) is 1. The van der Waals surface area contributed by atoms with Crippen LogP contribution in [0.4, 0.5) is 0 Å². The van der Waals surface area contributed by atoms with Gasteiger partial charge in [0.15, 0.2) is 0 Å². The van der Waals surface area contributed by atoms with E-state index in [9.17, 15) is 4.79 Å². The Labute approximate surface area is 83.5 Å². The molecule has 0 bridgehead atoms. The fourth-order valence-corrected chi connectivity index (χ4v) is 3.15. The van der Waals surface area contributed by atoms with Crippen LogP contribution in [-0.2, 0) is 4.79 Å². The van der Waals surface area contributed by atoms with Gasteiger partial charge >= 0.3 is 0 Å². The second-order valence-corrected chi connectivity index (χ2v) is 4.56. The molecule has 5 heteroatoms. The van der Waals surface area contributed by atoms with Crippen molar-refractivity contribution in [2.75, 3.05) is 11.1 Å². The van der Waals surface area contributed by atoms with E-state index in [-0.39, 0.29) is 17.3 Å². The van der Waals surface area contributed by atoms with Crippen molar-refractivity contribution in [1.82, 2.24) is 4.90 Å². The number of alkyl halides is 1. The minimum absolute atomic E-state index is 0.0469. The number of hydrogen-bond acceptors (Lipinski definition) is 3. The largest absolute Gasteiger partial charge is 0.317 e. The Morgan fingerprint density at radius 3 is 3.25 bits per heavy atom. The number of carbonyl (C=O) groups is 1. The molecule has 12 heavy (non-hydrogen) atoms. The molecule has 1 fully saturated rings. The van der Waals surface area contributed by atoms with Crippen LogP contribution in [0.3, 0.4) is 0 Å². The number of amides is 1. The lowest BCUT2D eigenvalue weighted by Crippen LogP contribution is -2.66. The van der Waals surface area contributed by atoms with E-state index in [2.05, 4.69) is 15.9 Å². The summed E-state index contributed by atoms with van der Waals surface area (Å²) in [6.45, 7) is 0. The Morgan fingerprint density at radius 1 is 1.83 bits per heavy atom. The second-order valence-electron chi connectivity index (χ2n) is 2.89. The SMILES string of the molecule is NC1C(=O)N2C=C(CBr)CS[C@H]12. The third kappa shape index (κ3) is 1.11. The maximum absolute atomic E-state index is 11.2. The van der Waals surface area contributed by atoms with E-state index < -0.39 is 0 Å². The number of nitrogens with two attached hydrogens (primary N) is 1. The molecule has 0 radical (unpaired) electrons. The fraction of sp³-hybridized carbons (Fsp3) is 0.571. The zero-order chi connectivity index (χ0) is 8.72. The van der Waals surface area contributed by atoms with Gasteiger partial charge in [-0.15, -0.1) is 11.8 Å². The highest BCUT2D eigenvalue weighted by Gasteiger charge is 2.45. The predicted octanol–water partition coefficient (Wildman–Crippen LogP) is 0.508. The number of rotatable bonds is 1. The number of fused-ring (bicyclic) bond motifs is 1. The van der Waals surface area contributed by atoms with E-state index in [1.165, 1.54) is 5.57 Å². The maximum Gasteiger partial charge on any atom is 0.247 e. The van der Waals surface area contributed by atoms with Gasteiger partial charge in [-0.25, -0.2) is 0 Å². The third-order valence-corrected chi connectivity index (χ3v) is 4.17. The molecule has 1 unspecified atom stereocenters. The highest BCUT2D eigenvalue weighted by atomic mass is 79.9. The Hall–Kier alpha value is -0.000000000000000111. The number of thioether (sulfide) groups is 1. The molecule has 2 rings (SSSR count). The van der Waals surface area contributed by atoms with Gasteiger partial charge in [-0.1, -0.05) is 15.9 Å². The van der Waals surface area contributed by atoms with Crippen LogP contribution < -0.4 is 5.73 Å². The van der Waals surface area contributed by atoms with Crippen molar-refractivity contribution < 1.29 is 4.79 Å². The maximum atomic E-state index is 11.2. The lowest BCUT2D eigenvalue weighted by Gasteiger charge is -2.45. The van der Waals surface area contributed by atoms with Crippen LogP contribution in [0, 0.1) is 0 Å². The van der Waals surface area contributed by atoms with Crippen molar-refractivity contribution in [3.05, 3.63) is 11.8 Å². The lowest BCUT2D eigenvalue weighted by atomic mass is 10.1. The normalized spacial score (nSPS) is 34.0. The molecule has 0 spiro atoms. The fourth-order valence-electron chi connectivity index (χ4n) is 1.33. The Bertz CT molecular complexity index is 256. The van der Waals surface area contributed by atoms with Gasteiger partial charge in [0.2, 0.25) is 5.91 Å². The quantitative estimate of drug-likeness (QED) is 0.544. The summed E-state index contributed by atoms with van der Waals surface area (Å²) in [6.07, 6.45) is 1.92. The third-order valence-electron chi connectivity index (χ3n) is 2.05. The Morgan fingerprint density at radius 2 is 2.58 bits per heavy atom. The van der Waals surface area contributed by atoms with E-state index >= 15 is 0 Å². The first-order valence-corrected chi connectivity index (χ1v) is 5.86. The monoisotopic (exact) mass is 248 g/mol. The zero-order valence-corrected chi connectivity index (χ0v) is 8.77. The molecule has 0 aromatic rings. The molecule has 3 nitrogen and oxygen atoms in total. The van der Waals surface area contributed by atoms with Gasteiger partial charge in [0.1, 0.15) is 11.4 Å². The van der Waals surface area contributed by atoms with Crippen LogP contribution in [0.25, 0.3) is 0 Å². The number of β-lactam (4-membered cyclic amide) rings is 1. The predicted molar refractivity (Wildman–Crippen MR) is 52.9 cm³/mol. The highest BCUT2D eigenvalue weighted by Crippen LogP contribution is 2.35. The Balaban J connectivity index is 2.15. The molecular formula is C7H9BrN2OS. The van der Waals surface area contributed by atoms with Crippen LogP contribution in [-0.4, -0.2) is 33.3 Å². The van der Waals surface area contributed by atoms with E-state index in [4.69, 9.17) is 5.73 Å².